The predicted octanol–water partition coefficient (Wildman–Crippen LogP) is 3.37. The maximum absolute atomic E-state index is 12.2. The summed E-state index contributed by atoms with van der Waals surface area (Å²) in [5.74, 6) is 7.63. The lowest BCUT2D eigenvalue weighted by atomic mass is 10.2. The molecule has 29 heavy (non-hydrogen) atoms. The van der Waals surface area contributed by atoms with Crippen molar-refractivity contribution >= 4 is 35.0 Å². The number of nitrogen functional groups attached to an aromatic ring is 1. The van der Waals surface area contributed by atoms with Crippen LogP contribution in [0.25, 0.3) is 11.4 Å². The first kappa shape index (κ1) is 20.8. The molecule has 0 atom stereocenters. The van der Waals surface area contributed by atoms with Crippen LogP contribution >= 0.6 is 23.4 Å². The monoisotopic (exact) mass is 433 g/mol. The van der Waals surface area contributed by atoms with Crippen molar-refractivity contribution in [2.75, 3.05) is 31.1 Å². The molecule has 8 nitrogen and oxygen atoms in total. The number of nitrogens with two attached hydrogens (primary N) is 1. The van der Waals surface area contributed by atoms with Crippen LogP contribution in [0.2, 0.25) is 5.02 Å². The summed E-state index contributed by atoms with van der Waals surface area (Å²) in [5, 5.41) is 12.0. The molecular weight excluding hydrogens is 414 g/mol. The summed E-state index contributed by atoms with van der Waals surface area (Å²) in [7, 11) is 3.11. The summed E-state index contributed by atoms with van der Waals surface area (Å²) in [6.45, 7) is 1.90. The second kappa shape index (κ2) is 9.06. The van der Waals surface area contributed by atoms with Gasteiger partial charge in [-0.05, 0) is 42.8 Å². The van der Waals surface area contributed by atoms with E-state index in [1.165, 1.54) is 16.4 Å². The van der Waals surface area contributed by atoms with Gasteiger partial charge in [-0.3, -0.25) is 4.79 Å². The van der Waals surface area contributed by atoms with Gasteiger partial charge in [0.25, 0.3) is 0 Å². The molecule has 0 radical (unpaired) electrons. The fraction of sp³-hybridized carbons (Fsp3) is 0.211. The largest absolute Gasteiger partial charge is 0.493 e. The highest BCUT2D eigenvalue weighted by Crippen LogP contribution is 2.32. The molecule has 0 saturated heterocycles. The quantitative estimate of drug-likeness (QED) is 0.434. The number of amides is 1. The molecule has 1 aromatic heterocycles. The summed E-state index contributed by atoms with van der Waals surface area (Å²) < 4.78 is 11.9. The van der Waals surface area contributed by atoms with Crippen LogP contribution in [0.1, 0.15) is 5.56 Å². The molecule has 0 saturated carbocycles. The first-order valence-corrected chi connectivity index (χ1v) is 9.91. The van der Waals surface area contributed by atoms with Crippen molar-refractivity contribution in [3.8, 4) is 22.9 Å². The molecule has 152 valence electrons. The Labute approximate surface area is 177 Å². The van der Waals surface area contributed by atoms with Crippen molar-refractivity contribution in [1.29, 1.82) is 0 Å². The normalized spacial score (nSPS) is 10.6. The maximum Gasteiger partial charge on any atom is 0.234 e. The number of aromatic nitrogens is 3. The number of thioether (sulfide) groups is 1. The number of aryl methyl sites for hydroxylation is 1. The Bertz CT molecular complexity index is 1040. The van der Waals surface area contributed by atoms with Crippen LogP contribution in [0.5, 0.6) is 11.5 Å². The van der Waals surface area contributed by atoms with Gasteiger partial charge in [0.1, 0.15) is 0 Å². The number of hydrogen-bond donors (Lipinski definition) is 2. The lowest BCUT2D eigenvalue weighted by Gasteiger charge is -2.09. The Kier molecular flexibility index (Phi) is 6.50. The van der Waals surface area contributed by atoms with Crippen molar-refractivity contribution < 1.29 is 14.3 Å². The van der Waals surface area contributed by atoms with Gasteiger partial charge >= 0.3 is 0 Å². The van der Waals surface area contributed by atoms with E-state index < -0.39 is 0 Å². The highest BCUT2D eigenvalue weighted by molar-refractivity contribution is 7.99. The Morgan fingerprint density at radius 2 is 1.93 bits per heavy atom. The molecule has 0 spiro atoms. The van der Waals surface area contributed by atoms with Gasteiger partial charge in [0, 0.05) is 16.3 Å². The van der Waals surface area contributed by atoms with Crippen molar-refractivity contribution in [3.63, 3.8) is 0 Å². The molecule has 3 aromatic rings. The van der Waals surface area contributed by atoms with Gasteiger partial charge in [-0.1, -0.05) is 29.4 Å². The van der Waals surface area contributed by atoms with Gasteiger partial charge in [-0.15, -0.1) is 10.2 Å². The number of carbonyl (C=O) groups is 1. The number of hydrogen-bond acceptors (Lipinski definition) is 7. The zero-order valence-corrected chi connectivity index (χ0v) is 17.7. The molecule has 1 amide bonds. The zero-order valence-electron chi connectivity index (χ0n) is 16.1. The third-order valence-electron chi connectivity index (χ3n) is 4.09. The van der Waals surface area contributed by atoms with Gasteiger partial charge in [0.2, 0.25) is 11.1 Å². The summed E-state index contributed by atoms with van der Waals surface area (Å²) in [6.07, 6.45) is 0. The summed E-state index contributed by atoms with van der Waals surface area (Å²) in [6, 6.07) is 10.7. The van der Waals surface area contributed by atoms with E-state index >= 15 is 0 Å². The number of nitrogens with zero attached hydrogens (tertiary/aromatic N) is 3. The number of rotatable bonds is 7. The molecule has 2 aromatic carbocycles. The molecule has 0 unspecified atom stereocenters. The van der Waals surface area contributed by atoms with Gasteiger partial charge in [-0.25, -0.2) is 4.68 Å². The van der Waals surface area contributed by atoms with Crippen LogP contribution in [-0.4, -0.2) is 40.8 Å². The Morgan fingerprint density at radius 1 is 1.17 bits per heavy atom. The number of halogens is 1. The van der Waals surface area contributed by atoms with Crippen LogP contribution < -0.4 is 20.6 Å². The zero-order chi connectivity index (χ0) is 21.0. The van der Waals surface area contributed by atoms with Crippen molar-refractivity contribution in [2.45, 2.75) is 12.1 Å². The molecular formula is C19H20ClN5O3S. The van der Waals surface area contributed by atoms with Crippen LogP contribution in [0, 0.1) is 6.92 Å². The van der Waals surface area contributed by atoms with E-state index in [0.717, 1.165) is 5.56 Å². The number of nitrogens with one attached hydrogen (secondary N) is 1. The molecule has 0 aliphatic heterocycles. The predicted molar refractivity (Wildman–Crippen MR) is 114 cm³/mol. The summed E-state index contributed by atoms with van der Waals surface area (Å²) >= 11 is 7.26. The second-order valence-electron chi connectivity index (χ2n) is 6.05. The van der Waals surface area contributed by atoms with E-state index in [9.17, 15) is 4.79 Å². The topological polar surface area (TPSA) is 104 Å². The minimum Gasteiger partial charge on any atom is -0.493 e. The third-order valence-corrected chi connectivity index (χ3v) is 5.44. The number of carbonyl (C=O) groups excluding carboxylic acids is 1. The van der Waals surface area contributed by atoms with Crippen molar-refractivity contribution in [2.24, 2.45) is 0 Å². The minimum absolute atomic E-state index is 0.118. The smallest absolute Gasteiger partial charge is 0.234 e. The molecule has 0 aliphatic rings. The maximum atomic E-state index is 12.2. The molecule has 10 heteroatoms. The fourth-order valence-electron chi connectivity index (χ4n) is 2.55. The Hall–Kier alpha value is -2.91. The van der Waals surface area contributed by atoms with E-state index in [4.69, 9.17) is 26.9 Å². The Balaban J connectivity index is 1.68. The van der Waals surface area contributed by atoms with Crippen LogP contribution in [0.15, 0.2) is 41.6 Å². The average molecular weight is 434 g/mol. The number of ether oxygens (including phenoxy) is 2. The molecule has 0 bridgehead atoms. The number of anilines is 1. The fourth-order valence-corrected chi connectivity index (χ4v) is 3.38. The van der Waals surface area contributed by atoms with E-state index in [2.05, 4.69) is 15.5 Å². The lowest BCUT2D eigenvalue weighted by Crippen LogP contribution is -2.16. The molecule has 3 rings (SSSR count). The second-order valence-corrected chi connectivity index (χ2v) is 7.40. The van der Waals surface area contributed by atoms with Gasteiger partial charge < -0.3 is 20.6 Å². The van der Waals surface area contributed by atoms with Gasteiger partial charge in [0.05, 0.1) is 20.0 Å². The molecule has 0 fully saturated rings. The first-order chi connectivity index (χ1) is 13.9. The number of methoxy groups -OCH3 is 2. The standard InChI is InChI=1S/C19H20ClN5O3S/c1-11-4-6-13(9-14(11)20)22-17(26)10-29-19-24-23-18(25(19)21)12-5-7-15(27-2)16(8-12)28-3/h4-9H,10,21H2,1-3H3,(H,22,26). The highest BCUT2D eigenvalue weighted by Gasteiger charge is 2.16. The summed E-state index contributed by atoms with van der Waals surface area (Å²) in [5.41, 5.74) is 2.28. The van der Waals surface area contributed by atoms with E-state index in [1.807, 2.05) is 13.0 Å². The van der Waals surface area contributed by atoms with Crippen molar-refractivity contribution in [3.05, 3.63) is 47.0 Å². The highest BCUT2D eigenvalue weighted by atomic mass is 35.5. The van der Waals surface area contributed by atoms with Gasteiger partial charge in [-0.2, -0.15) is 0 Å². The van der Waals surface area contributed by atoms with E-state index in [-0.39, 0.29) is 11.7 Å². The third kappa shape index (κ3) is 4.75. The molecule has 0 aliphatic carbocycles. The van der Waals surface area contributed by atoms with Crippen molar-refractivity contribution in [1.82, 2.24) is 14.9 Å². The molecule has 3 N–H and O–H groups in total. The summed E-state index contributed by atoms with van der Waals surface area (Å²) in [4.78, 5) is 12.2. The van der Waals surface area contributed by atoms with Crippen LogP contribution in [-0.2, 0) is 4.79 Å². The lowest BCUT2D eigenvalue weighted by molar-refractivity contribution is -0.113. The number of benzene rings is 2. The first-order valence-electron chi connectivity index (χ1n) is 8.54. The van der Waals surface area contributed by atoms with E-state index in [0.29, 0.717) is 38.8 Å². The SMILES string of the molecule is COc1ccc(-c2nnc(SCC(=O)Nc3ccc(C)c(Cl)c3)n2N)cc1OC. The van der Waals surface area contributed by atoms with Crippen LogP contribution in [0.3, 0.4) is 0 Å². The minimum atomic E-state index is -0.203. The molecule has 1 heterocycles. The van der Waals surface area contributed by atoms with E-state index in [1.54, 1.807) is 44.6 Å². The van der Waals surface area contributed by atoms with Gasteiger partial charge in [0.15, 0.2) is 17.3 Å². The van der Waals surface area contributed by atoms with Crippen LogP contribution in [0.4, 0.5) is 5.69 Å². The average Bonchev–Trinajstić information content (AvgIpc) is 3.09. The Morgan fingerprint density at radius 3 is 2.62 bits per heavy atom.